The zero-order chi connectivity index (χ0) is 19.8. The first-order chi connectivity index (χ1) is 13.7. The summed E-state index contributed by atoms with van der Waals surface area (Å²) in [5, 5.41) is 10.9. The molecule has 0 radical (unpaired) electrons. The van der Waals surface area contributed by atoms with Gasteiger partial charge in [-0.15, -0.1) is 24.0 Å². The molecule has 29 heavy (non-hydrogen) atoms. The number of halogens is 1. The lowest BCUT2D eigenvalue weighted by molar-refractivity contribution is 0.355. The van der Waals surface area contributed by atoms with Gasteiger partial charge in [0, 0.05) is 30.1 Å². The van der Waals surface area contributed by atoms with E-state index in [2.05, 4.69) is 20.7 Å². The topological polar surface area (TPSA) is 72.7 Å². The number of aliphatic imine (C=N–C) groups is 1. The summed E-state index contributed by atoms with van der Waals surface area (Å²) in [5.41, 5.74) is 2.90. The van der Waals surface area contributed by atoms with Crippen LogP contribution in [0.5, 0.6) is 11.5 Å². The second-order valence-corrected chi connectivity index (χ2v) is 6.02. The zero-order valence-corrected chi connectivity index (χ0v) is 19.1. The molecule has 1 heterocycles. The van der Waals surface area contributed by atoms with Crippen molar-refractivity contribution in [2.24, 2.45) is 4.99 Å². The highest BCUT2D eigenvalue weighted by molar-refractivity contribution is 14.0. The maximum atomic E-state index is 5.36. The molecule has 3 rings (SSSR count). The third kappa shape index (κ3) is 6.11. The first-order valence-electron chi connectivity index (χ1n) is 9.09. The van der Waals surface area contributed by atoms with Gasteiger partial charge < -0.3 is 20.1 Å². The van der Waals surface area contributed by atoms with E-state index in [1.54, 1.807) is 14.2 Å². The molecule has 0 aliphatic carbocycles. The monoisotopic (exact) mass is 507 g/mol. The molecule has 0 atom stereocenters. The smallest absolute Gasteiger partial charge is 0.196 e. The number of guanidine groups is 1. The highest BCUT2D eigenvalue weighted by Crippen LogP contribution is 2.29. The molecular weight excluding hydrogens is 481 g/mol. The summed E-state index contributed by atoms with van der Waals surface area (Å²) in [5.74, 6) is 2.03. The fourth-order valence-corrected chi connectivity index (χ4v) is 2.69. The van der Waals surface area contributed by atoms with E-state index in [4.69, 9.17) is 9.47 Å². The van der Waals surface area contributed by atoms with Gasteiger partial charge >= 0.3 is 0 Å². The van der Waals surface area contributed by atoms with Gasteiger partial charge in [0.05, 0.1) is 32.6 Å². The van der Waals surface area contributed by atoms with E-state index in [-0.39, 0.29) is 24.0 Å². The summed E-state index contributed by atoms with van der Waals surface area (Å²) in [4.78, 5) is 4.65. The van der Waals surface area contributed by atoms with E-state index in [0.717, 1.165) is 23.5 Å². The lowest BCUT2D eigenvalue weighted by Crippen LogP contribution is -2.30. The van der Waals surface area contributed by atoms with E-state index in [0.29, 0.717) is 24.0 Å². The fraction of sp³-hybridized carbons (Fsp3) is 0.238. The molecule has 0 bridgehead atoms. The number of methoxy groups -OCH3 is 2. The molecular formula is C21H26IN5O2. The van der Waals surface area contributed by atoms with Gasteiger partial charge in [0.1, 0.15) is 0 Å². The molecule has 0 saturated carbocycles. The van der Waals surface area contributed by atoms with Crippen LogP contribution in [-0.2, 0) is 6.54 Å². The van der Waals surface area contributed by atoms with Gasteiger partial charge in [-0.3, -0.25) is 0 Å². The van der Waals surface area contributed by atoms with E-state index in [1.165, 1.54) is 0 Å². The number of aromatic nitrogens is 2. The number of hydrogen-bond acceptors (Lipinski definition) is 4. The first kappa shape index (κ1) is 22.5. The average molecular weight is 507 g/mol. The Morgan fingerprint density at radius 1 is 1.07 bits per heavy atom. The molecule has 154 valence electrons. The minimum atomic E-state index is 0. The molecule has 2 aromatic carbocycles. The quantitative estimate of drug-likeness (QED) is 0.287. The lowest BCUT2D eigenvalue weighted by Gasteiger charge is -2.13. The van der Waals surface area contributed by atoms with Gasteiger partial charge in [-0.05, 0) is 31.2 Å². The number of para-hydroxylation sites is 1. The Morgan fingerprint density at radius 3 is 2.52 bits per heavy atom. The van der Waals surface area contributed by atoms with E-state index in [1.807, 2.05) is 72.5 Å². The summed E-state index contributed by atoms with van der Waals surface area (Å²) < 4.78 is 12.5. The minimum Gasteiger partial charge on any atom is -0.493 e. The molecule has 7 nitrogen and oxygen atoms in total. The zero-order valence-electron chi connectivity index (χ0n) is 16.8. The molecule has 0 saturated heterocycles. The first-order valence-corrected chi connectivity index (χ1v) is 9.09. The Kier molecular flexibility index (Phi) is 8.78. The molecule has 0 aliphatic heterocycles. The van der Waals surface area contributed by atoms with Crippen LogP contribution in [0.1, 0.15) is 12.5 Å². The number of nitrogens with one attached hydrogen (secondary N) is 2. The Labute approximate surface area is 188 Å². The standard InChI is InChI=1S/C21H25N5O2.HI/c1-4-22-21(25-17-10-11-19(27-2)20(12-17)28-3)23-13-16-14-24-26(15-16)18-8-6-5-7-9-18;/h5-12,14-15H,4,13H2,1-3H3,(H2,22,23,25);1H. The van der Waals surface area contributed by atoms with Crippen molar-refractivity contribution < 1.29 is 9.47 Å². The van der Waals surface area contributed by atoms with Crippen molar-refractivity contribution in [1.82, 2.24) is 15.1 Å². The average Bonchev–Trinajstić information content (AvgIpc) is 3.22. The maximum absolute atomic E-state index is 5.36. The van der Waals surface area contributed by atoms with Crippen molar-refractivity contribution in [3.8, 4) is 17.2 Å². The molecule has 0 amide bonds. The molecule has 0 fully saturated rings. The summed E-state index contributed by atoms with van der Waals surface area (Å²) >= 11 is 0. The van der Waals surface area contributed by atoms with Gasteiger partial charge in [-0.2, -0.15) is 5.10 Å². The number of benzene rings is 2. The number of ether oxygens (including phenoxy) is 2. The van der Waals surface area contributed by atoms with Crippen molar-refractivity contribution in [3.63, 3.8) is 0 Å². The molecule has 0 unspecified atom stereocenters. The number of hydrogen-bond donors (Lipinski definition) is 2. The van der Waals surface area contributed by atoms with Gasteiger partial charge in [-0.1, -0.05) is 18.2 Å². The largest absolute Gasteiger partial charge is 0.493 e. The van der Waals surface area contributed by atoms with Crippen molar-refractivity contribution in [1.29, 1.82) is 0 Å². The van der Waals surface area contributed by atoms with E-state index >= 15 is 0 Å². The Morgan fingerprint density at radius 2 is 1.83 bits per heavy atom. The van der Waals surface area contributed by atoms with Crippen LogP contribution in [-0.4, -0.2) is 36.5 Å². The van der Waals surface area contributed by atoms with Crippen LogP contribution >= 0.6 is 24.0 Å². The van der Waals surface area contributed by atoms with Gasteiger partial charge in [-0.25, -0.2) is 9.67 Å². The normalized spacial score (nSPS) is 10.8. The Bertz CT molecular complexity index is 928. The van der Waals surface area contributed by atoms with Crippen LogP contribution in [0.15, 0.2) is 65.9 Å². The maximum Gasteiger partial charge on any atom is 0.196 e. The highest BCUT2D eigenvalue weighted by Gasteiger charge is 2.07. The van der Waals surface area contributed by atoms with Gasteiger partial charge in [0.25, 0.3) is 0 Å². The van der Waals surface area contributed by atoms with Crippen LogP contribution in [0, 0.1) is 0 Å². The third-order valence-corrected chi connectivity index (χ3v) is 4.07. The SMILES string of the molecule is CCNC(=NCc1cnn(-c2ccccc2)c1)Nc1ccc(OC)c(OC)c1.I. The van der Waals surface area contributed by atoms with Crippen LogP contribution in [0.3, 0.4) is 0 Å². The summed E-state index contributed by atoms with van der Waals surface area (Å²) in [6.45, 7) is 3.29. The van der Waals surface area contributed by atoms with Crippen LogP contribution < -0.4 is 20.1 Å². The second kappa shape index (κ2) is 11.3. The van der Waals surface area contributed by atoms with Crippen LogP contribution in [0.25, 0.3) is 5.69 Å². The summed E-state index contributed by atoms with van der Waals surface area (Å²) in [6, 6.07) is 15.7. The molecule has 2 N–H and O–H groups in total. The molecule has 8 heteroatoms. The van der Waals surface area contributed by atoms with Crippen molar-refractivity contribution in [2.75, 3.05) is 26.1 Å². The van der Waals surface area contributed by atoms with Gasteiger partial charge in [0.15, 0.2) is 17.5 Å². The number of rotatable bonds is 7. The number of anilines is 1. The second-order valence-electron chi connectivity index (χ2n) is 6.02. The fourth-order valence-electron chi connectivity index (χ4n) is 2.69. The van der Waals surface area contributed by atoms with Crippen molar-refractivity contribution in [3.05, 3.63) is 66.5 Å². The predicted molar refractivity (Wildman–Crippen MR) is 127 cm³/mol. The van der Waals surface area contributed by atoms with E-state index in [9.17, 15) is 0 Å². The molecule has 0 spiro atoms. The number of nitrogens with zero attached hydrogens (tertiary/aromatic N) is 3. The van der Waals surface area contributed by atoms with E-state index < -0.39 is 0 Å². The van der Waals surface area contributed by atoms with Crippen LogP contribution in [0.4, 0.5) is 5.69 Å². The Balaban J connectivity index is 0.00000300. The molecule has 1 aromatic heterocycles. The van der Waals surface area contributed by atoms with Crippen molar-refractivity contribution >= 4 is 35.6 Å². The lowest BCUT2D eigenvalue weighted by atomic mass is 10.2. The summed E-state index contributed by atoms with van der Waals surface area (Å²) in [6.07, 6.45) is 3.81. The molecule has 0 aliphatic rings. The minimum absolute atomic E-state index is 0. The summed E-state index contributed by atoms with van der Waals surface area (Å²) in [7, 11) is 3.23. The predicted octanol–water partition coefficient (Wildman–Crippen LogP) is 4.09. The Hall–Kier alpha value is -2.75. The van der Waals surface area contributed by atoms with Gasteiger partial charge in [0.2, 0.25) is 0 Å². The van der Waals surface area contributed by atoms with Crippen LogP contribution in [0.2, 0.25) is 0 Å². The van der Waals surface area contributed by atoms with Crippen molar-refractivity contribution in [2.45, 2.75) is 13.5 Å². The molecule has 3 aromatic rings. The highest BCUT2D eigenvalue weighted by atomic mass is 127. The third-order valence-electron chi connectivity index (χ3n) is 4.07.